The molecule has 0 saturated carbocycles. The molecule has 0 bridgehead atoms. The van der Waals surface area contributed by atoms with Crippen molar-refractivity contribution in [2.75, 3.05) is 43.1 Å². The van der Waals surface area contributed by atoms with Crippen LogP contribution in [0.1, 0.15) is 25.3 Å². The summed E-state index contributed by atoms with van der Waals surface area (Å²) in [6, 6.07) is 7.79. The van der Waals surface area contributed by atoms with Crippen LogP contribution in [0.15, 0.2) is 29.4 Å². The van der Waals surface area contributed by atoms with E-state index < -0.39 is 0 Å². The summed E-state index contributed by atoms with van der Waals surface area (Å²) in [5.74, 6) is 0.789. The molecule has 3 heterocycles. The molecule has 2 fully saturated rings. The van der Waals surface area contributed by atoms with Crippen LogP contribution in [0.3, 0.4) is 0 Å². The third kappa shape index (κ3) is 4.96. The molecule has 2 atom stereocenters. The van der Waals surface area contributed by atoms with Crippen LogP contribution in [-0.4, -0.2) is 64.9 Å². The van der Waals surface area contributed by atoms with Gasteiger partial charge in [0.1, 0.15) is 0 Å². The van der Waals surface area contributed by atoms with E-state index in [4.69, 9.17) is 9.47 Å². The molecule has 2 saturated heterocycles. The van der Waals surface area contributed by atoms with Crippen molar-refractivity contribution in [3.63, 3.8) is 0 Å². The highest BCUT2D eigenvalue weighted by Crippen LogP contribution is 2.29. The Hall–Kier alpha value is -2.10. The number of hydrogen-bond donors (Lipinski definition) is 1. The molecule has 2 aliphatic heterocycles. The Morgan fingerprint density at radius 1 is 1.27 bits per heavy atom. The van der Waals surface area contributed by atoms with Crippen molar-refractivity contribution in [3.05, 3.63) is 29.8 Å². The van der Waals surface area contributed by atoms with E-state index in [-0.39, 0.29) is 17.3 Å². The van der Waals surface area contributed by atoms with Crippen LogP contribution in [0.25, 0.3) is 0 Å². The van der Waals surface area contributed by atoms with Crippen LogP contribution in [0.5, 0.6) is 0 Å². The normalized spacial score (nSPS) is 20.3. The molecule has 0 spiro atoms. The number of carbonyl (C=O) groups is 1. The maximum Gasteiger partial charge on any atom is 0.237 e. The van der Waals surface area contributed by atoms with Crippen LogP contribution in [0, 0.1) is 6.92 Å². The van der Waals surface area contributed by atoms with Crippen LogP contribution in [0.2, 0.25) is 0 Å². The molecule has 0 unspecified atom stereocenters. The second-order valence-corrected chi connectivity index (χ2v) is 9.00. The van der Waals surface area contributed by atoms with E-state index in [9.17, 15) is 4.79 Å². The third-order valence-corrected chi connectivity index (χ3v) is 6.54. The van der Waals surface area contributed by atoms with E-state index in [0.29, 0.717) is 19.8 Å². The van der Waals surface area contributed by atoms with Gasteiger partial charge in [-0.2, -0.15) is 0 Å². The number of thioether (sulfide) groups is 1. The van der Waals surface area contributed by atoms with E-state index in [1.165, 1.54) is 11.8 Å². The van der Waals surface area contributed by atoms with Gasteiger partial charge in [0, 0.05) is 25.4 Å². The van der Waals surface area contributed by atoms with Crippen molar-refractivity contribution in [2.24, 2.45) is 0 Å². The lowest BCUT2D eigenvalue weighted by molar-refractivity contribution is -0.115. The highest BCUT2D eigenvalue weighted by molar-refractivity contribution is 8.00. The molecule has 1 amide bonds. The first kappa shape index (κ1) is 21.1. The molecule has 162 valence electrons. The Labute approximate surface area is 181 Å². The minimum atomic E-state index is -0.311. The van der Waals surface area contributed by atoms with Crippen molar-refractivity contribution < 1.29 is 14.3 Å². The first-order valence-electron chi connectivity index (χ1n) is 10.5. The van der Waals surface area contributed by atoms with Crippen molar-refractivity contribution in [1.82, 2.24) is 14.8 Å². The van der Waals surface area contributed by atoms with Gasteiger partial charge < -0.3 is 19.7 Å². The number of anilines is 2. The molecule has 2 aliphatic rings. The molecule has 0 aliphatic carbocycles. The fourth-order valence-electron chi connectivity index (χ4n) is 3.68. The van der Waals surface area contributed by atoms with Crippen molar-refractivity contribution >= 4 is 29.3 Å². The van der Waals surface area contributed by atoms with Crippen LogP contribution >= 0.6 is 11.8 Å². The summed E-state index contributed by atoms with van der Waals surface area (Å²) in [6.07, 6.45) is 2.28. The number of nitrogens with one attached hydrogen (secondary N) is 1. The molecule has 0 radical (unpaired) electrons. The van der Waals surface area contributed by atoms with Gasteiger partial charge in [0.05, 0.1) is 31.1 Å². The van der Waals surface area contributed by atoms with E-state index in [0.717, 1.165) is 54.9 Å². The summed E-state index contributed by atoms with van der Waals surface area (Å²) in [4.78, 5) is 15.0. The monoisotopic (exact) mass is 431 g/mol. The number of rotatable bonds is 7. The molecule has 4 rings (SSSR count). The number of carbonyl (C=O) groups excluding carboxylic acids is 1. The van der Waals surface area contributed by atoms with Crippen LogP contribution in [0.4, 0.5) is 11.6 Å². The summed E-state index contributed by atoms with van der Waals surface area (Å²) in [6.45, 7) is 8.34. The number of para-hydroxylation sites is 1. The minimum absolute atomic E-state index is 0.0473. The molecular formula is C21H29N5O3S. The summed E-state index contributed by atoms with van der Waals surface area (Å²) in [5.41, 5.74) is 1.88. The molecule has 1 aromatic heterocycles. The number of ether oxygens (including phenoxy) is 2. The number of aromatic nitrogens is 3. The lowest BCUT2D eigenvalue weighted by atomic mass is 10.2. The van der Waals surface area contributed by atoms with E-state index in [1.807, 2.05) is 38.1 Å². The number of nitrogens with zero attached hydrogens (tertiary/aromatic N) is 4. The number of aryl methyl sites for hydroxylation is 1. The first-order valence-corrected chi connectivity index (χ1v) is 11.4. The van der Waals surface area contributed by atoms with Crippen LogP contribution in [-0.2, 0) is 20.8 Å². The van der Waals surface area contributed by atoms with E-state index >= 15 is 0 Å². The Morgan fingerprint density at radius 2 is 2.07 bits per heavy atom. The van der Waals surface area contributed by atoms with Gasteiger partial charge in [0.25, 0.3) is 0 Å². The van der Waals surface area contributed by atoms with Gasteiger partial charge in [0.2, 0.25) is 11.9 Å². The molecule has 1 aromatic carbocycles. The van der Waals surface area contributed by atoms with Gasteiger partial charge in [-0.1, -0.05) is 30.0 Å². The fraction of sp³-hybridized carbons (Fsp3) is 0.571. The van der Waals surface area contributed by atoms with Crippen molar-refractivity contribution in [2.45, 2.75) is 49.7 Å². The highest BCUT2D eigenvalue weighted by Gasteiger charge is 2.27. The topological polar surface area (TPSA) is 81.5 Å². The number of benzene rings is 1. The molecule has 9 heteroatoms. The summed E-state index contributed by atoms with van der Waals surface area (Å²) in [5, 5.41) is 12.4. The molecular weight excluding hydrogens is 402 g/mol. The van der Waals surface area contributed by atoms with Gasteiger partial charge >= 0.3 is 0 Å². The standard InChI is InChI=1S/C21H29N5O3S/c1-15-6-3-4-8-18(15)22-19(27)16(2)30-21-24-23-20(25-9-12-28-13-10-25)26(21)14-17-7-5-11-29-17/h3-4,6,8,16-17H,5,7,9-14H2,1-2H3,(H,22,27)/t16-,17-/m0/s1. The third-order valence-electron chi connectivity index (χ3n) is 5.46. The predicted molar refractivity (Wildman–Crippen MR) is 117 cm³/mol. The highest BCUT2D eigenvalue weighted by atomic mass is 32.2. The largest absolute Gasteiger partial charge is 0.378 e. The molecule has 8 nitrogen and oxygen atoms in total. The lowest BCUT2D eigenvalue weighted by Gasteiger charge is -2.28. The quantitative estimate of drug-likeness (QED) is 0.675. The van der Waals surface area contributed by atoms with Crippen LogP contribution < -0.4 is 10.2 Å². The van der Waals surface area contributed by atoms with E-state index in [1.54, 1.807) is 0 Å². The maximum absolute atomic E-state index is 12.8. The first-order chi connectivity index (χ1) is 14.6. The zero-order chi connectivity index (χ0) is 20.9. The summed E-state index contributed by atoms with van der Waals surface area (Å²) in [7, 11) is 0. The average molecular weight is 432 g/mol. The Bertz CT molecular complexity index is 862. The molecule has 30 heavy (non-hydrogen) atoms. The van der Waals surface area contributed by atoms with Gasteiger partial charge in [-0.05, 0) is 38.3 Å². The molecule has 2 aromatic rings. The molecule has 1 N–H and O–H groups in total. The smallest absolute Gasteiger partial charge is 0.237 e. The lowest BCUT2D eigenvalue weighted by Crippen LogP contribution is -2.38. The zero-order valence-electron chi connectivity index (χ0n) is 17.5. The fourth-order valence-corrected chi connectivity index (χ4v) is 4.53. The number of amides is 1. The predicted octanol–water partition coefficient (Wildman–Crippen LogP) is 2.72. The second-order valence-electron chi connectivity index (χ2n) is 7.69. The zero-order valence-corrected chi connectivity index (χ0v) is 18.4. The number of hydrogen-bond acceptors (Lipinski definition) is 7. The second kappa shape index (κ2) is 9.80. The number of morpholine rings is 1. The Morgan fingerprint density at radius 3 is 2.80 bits per heavy atom. The van der Waals surface area contributed by atoms with E-state index in [2.05, 4.69) is 25.0 Å². The van der Waals surface area contributed by atoms with Crippen molar-refractivity contribution in [1.29, 1.82) is 0 Å². The van der Waals surface area contributed by atoms with Gasteiger partial charge in [-0.3, -0.25) is 9.36 Å². The van der Waals surface area contributed by atoms with Gasteiger partial charge in [-0.25, -0.2) is 0 Å². The maximum atomic E-state index is 12.8. The van der Waals surface area contributed by atoms with Gasteiger partial charge in [0.15, 0.2) is 5.16 Å². The average Bonchev–Trinajstić information content (AvgIpc) is 3.41. The summed E-state index contributed by atoms with van der Waals surface area (Å²) < 4.78 is 13.5. The Kier molecular flexibility index (Phi) is 6.91. The minimum Gasteiger partial charge on any atom is -0.378 e. The summed E-state index contributed by atoms with van der Waals surface area (Å²) >= 11 is 1.44. The SMILES string of the molecule is Cc1ccccc1NC(=O)[C@H](C)Sc1nnc(N2CCOCC2)n1C[C@@H]1CCCO1. The van der Waals surface area contributed by atoms with Crippen molar-refractivity contribution in [3.8, 4) is 0 Å². The van der Waals surface area contributed by atoms with Gasteiger partial charge in [-0.15, -0.1) is 10.2 Å². The Balaban J connectivity index is 1.49.